The van der Waals surface area contributed by atoms with Crippen LogP contribution in [-0.4, -0.2) is 74.3 Å². The van der Waals surface area contributed by atoms with Gasteiger partial charge in [-0.25, -0.2) is 0 Å². The van der Waals surface area contributed by atoms with E-state index in [2.05, 4.69) is 51.0 Å². The van der Waals surface area contributed by atoms with Crippen LogP contribution in [0, 0.1) is 20.8 Å². The molecule has 2 heterocycles. The summed E-state index contributed by atoms with van der Waals surface area (Å²) in [5.41, 5.74) is 4.87. The Bertz CT molecular complexity index is 967. The van der Waals surface area contributed by atoms with E-state index in [1.54, 1.807) is 0 Å². The van der Waals surface area contributed by atoms with Crippen LogP contribution in [-0.2, 0) is 0 Å². The Balaban J connectivity index is 2.01. The van der Waals surface area contributed by atoms with Crippen LogP contribution in [0.4, 0.5) is 0 Å². The van der Waals surface area contributed by atoms with Crippen LogP contribution in [0.3, 0.4) is 0 Å². The highest BCUT2D eigenvalue weighted by Gasteiger charge is 2.15. The smallest absolute Gasteiger partial charge is 0.130 e. The minimum Gasteiger partial charge on any atom is -0.493 e. The summed E-state index contributed by atoms with van der Waals surface area (Å²) in [7, 11) is 8.32. The van der Waals surface area contributed by atoms with Crippen molar-refractivity contribution in [2.45, 2.75) is 33.6 Å². The van der Waals surface area contributed by atoms with Crippen molar-refractivity contribution in [1.29, 1.82) is 0 Å². The lowest BCUT2D eigenvalue weighted by Gasteiger charge is -2.16. The maximum atomic E-state index is 6.21. The van der Waals surface area contributed by atoms with Gasteiger partial charge in [-0.1, -0.05) is 0 Å². The molecule has 3 aromatic rings. The minimum absolute atomic E-state index is 0.674. The molecule has 3 rings (SSSR count). The fraction of sp³-hybridized carbons (Fsp3) is 0.520. The van der Waals surface area contributed by atoms with Crippen molar-refractivity contribution >= 4 is 21.8 Å². The molecule has 0 radical (unpaired) electrons. The summed E-state index contributed by atoms with van der Waals surface area (Å²) in [6.07, 6.45) is 1.95. The standard InChI is InChI=1S/C25H36N4O2/c1-17-14-22(30-12-8-10-28(4)5)20-16-21-23(31-13-9-11-29(6)7)15-18(2)27-25(21)19(3)24(20)26-17/h14-16H,8-13H2,1-7H3. The van der Waals surface area contributed by atoms with Gasteiger partial charge in [-0.05, 0) is 67.9 Å². The number of rotatable bonds is 10. The first-order valence-corrected chi connectivity index (χ1v) is 11.0. The number of nitrogens with zero attached hydrogens (tertiary/aromatic N) is 4. The number of aromatic nitrogens is 2. The fourth-order valence-corrected chi connectivity index (χ4v) is 3.78. The van der Waals surface area contributed by atoms with E-state index in [1.807, 2.05) is 26.0 Å². The van der Waals surface area contributed by atoms with E-state index >= 15 is 0 Å². The molecule has 0 aliphatic carbocycles. The van der Waals surface area contributed by atoms with E-state index in [-0.39, 0.29) is 0 Å². The van der Waals surface area contributed by atoms with E-state index in [0.29, 0.717) is 13.2 Å². The van der Waals surface area contributed by atoms with Crippen LogP contribution in [0.25, 0.3) is 21.8 Å². The lowest BCUT2D eigenvalue weighted by atomic mass is 10.0. The predicted molar refractivity (Wildman–Crippen MR) is 129 cm³/mol. The first-order chi connectivity index (χ1) is 14.8. The lowest BCUT2D eigenvalue weighted by molar-refractivity contribution is 0.283. The van der Waals surface area contributed by atoms with Gasteiger partial charge in [-0.3, -0.25) is 9.97 Å². The average molecular weight is 425 g/mol. The number of ether oxygens (including phenoxy) is 2. The molecule has 168 valence electrons. The van der Waals surface area contributed by atoms with Crippen molar-refractivity contribution in [1.82, 2.24) is 19.8 Å². The van der Waals surface area contributed by atoms with Crippen LogP contribution in [0.2, 0.25) is 0 Å². The van der Waals surface area contributed by atoms with Crippen molar-refractivity contribution in [2.75, 3.05) is 54.5 Å². The first-order valence-electron chi connectivity index (χ1n) is 11.0. The molecule has 0 aliphatic heterocycles. The Morgan fingerprint density at radius 2 is 1.10 bits per heavy atom. The van der Waals surface area contributed by atoms with Crippen molar-refractivity contribution < 1.29 is 9.47 Å². The Kier molecular flexibility index (Phi) is 7.68. The predicted octanol–water partition coefficient (Wildman–Crippen LogP) is 4.37. The molecular formula is C25H36N4O2. The quantitative estimate of drug-likeness (QED) is 0.356. The summed E-state index contributed by atoms with van der Waals surface area (Å²) < 4.78 is 12.4. The van der Waals surface area contributed by atoms with Gasteiger partial charge < -0.3 is 19.3 Å². The summed E-state index contributed by atoms with van der Waals surface area (Å²) in [6, 6.07) is 6.20. The summed E-state index contributed by atoms with van der Waals surface area (Å²) >= 11 is 0. The molecule has 0 saturated heterocycles. The molecule has 31 heavy (non-hydrogen) atoms. The van der Waals surface area contributed by atoms with Crippen LogP contribution in [0.5, 0.6) is 11.5 Å². The SMILES string of the molecule is Cc1cc(OCCCN(C)C)c2cc3c(OCCCN(C)C)cc(C)nc3c(C)c2n1. The summed E-state index contributed by atoms with van der Waals surface area (Å²) in [6.45, 7) is 9.46. The van der Waals surface area contributed by atoms with Gasteiger partial charge in [-0.2, -0.15) is 0 Å². The van der Waals surface area contributed by atoms with Crippen LogP contribution in [0.15, 0.2) is 18.2 Å². The highest BCUT2D eigenvalue weighted by Crippen LogP contribution is 2.36. The molecule has 0 fully saturated rings. The second-order valence-corrected chi connectivity index (χ2v) is 8.83. The molecule has 0 aliphatic rings. The zero-order chi connectivity index (χ0) is 22.5. The van der Waals surface area contributed by atoms with Gasteiger partial charge >= 0.3 is 0 Å². The third-order valence-corrected chi connectivity index (χ3v) is 5.31. The molecule has 6 nitrogen and oxygen atoms in total. The van der Waals surface area contributed by atoms with E-state index < -0.39 is 0 Å². The Labute approximate surface area is 186 Å². The lowest BCUT2D eigenvalue weighted by Crippen LogP contribution is -2.15. The highest BCUT2D eigenvalue weighted by atomic mass is 16.5. The maximum absolute atomic E-state index is 6.21. The molecular weight excluding hydrogens is 388 g/mol. The zero-order valence-electron chi connectivity index (χ0n) is 20.1. The van der Waals surface area contributed by atoms with E-state index in [4.69, 9.17) is 19.4 Å². The second-order valence-electron chi connectivity index (χ2n) is 8.83. The van der Waals surface area contributed by atoms with Gasteiger partial charge in [-0.15, -0.1) is 0 Å². The number of fused-ring (bicyclic) bond motifs is 2. The molecule has 0 N–H and O–H groups in total. The highest BCUT2D eigenvalue weighted by molar-refractivity contribution is 6.03. The molecule has 1 aromatic carbocycles. The molecule has 0 bridgehead atoms. The van der Waals surface area contributed by atoms with Crippen LogP contribution < -0.4 is 9.47 Å². The van der Waals surface area contributed by atoms with Gasteiger partial charge in [0.1, 0.15) is 11.5 Å². The fourth-order valence-electron chi connectivity index (χ4n) is 3.78. The maximum Gasteiger partial charge on any atom is 0.130 e. The number of aryl methyl sites for hydroxylation is 3. The van der Waals surface area contributed by atoms with Crippen molar-refractivity contribution in [3.05, 3.63) is 35.2 Å². The summed E-state index contributed by atoms with van der Waals surface area (Å²) in [4.78, 5) is 14.0. The van der Waals surface area contributed by atoms with Gasteiger partial charge in [0, 0.05) is 52.9 Å². The summed E-state index contributed by atoms with van der Waals surface area (Å²) in [5.74, 6) is 1.76. The number of hydrogen-bond acceptors (Lipinski definition) is 6. The molecule has 0 unspecified atom stereocenters. The van der Waals surface area contributed by atoms with Gasteiger partial charge in [0.25, 0.3) is 0 Å². The third kappa shape index (κ3) is 5.83. The van der Waals surface area contributed by atoms with E-state index in [0.717, 1.165) is 76.2 Å². The molecule has 0 atom stereocenters. The van der Waals surface area contributed by atoms with Crippen molar-refractivity contribution in [3.63, 3.8) is 0 Å². The molecule has 2 aromatic heterocycles. The number of pyridine rings is 2. The van der Waals surface area contributed by atoms with Crippen LogP contribution in [0.1, 0.15) is 29.8 Å². The summed E-state index contributed by atoms with van der Waals surface area (Å²) in [5, 5.41) is 2.04. The second kappa shape index (κ2) is 10.2. The number of hydrogen-bond donors (Lipinski definition) is 0. The van der Waals surface area contributed by atoms with Crippen LogP contribution >= 0.6 is 0 Å². The Morgan fingerprint density at radius 1 is 0.677 bits per heavy atom. The molecule has 0 spiro atoms. The van der Waals surface area contributed by atoms with Crippen molar-refractivity contribution in [2.24, 2.45) is 0 Å². The topological polar surface area (TPSA) is 50.7 Å². The van der Waals surface area contributed by atoms with Gasteiger partial charge in [0.2, 0.25) is 0 Å². The monoisotopic (exact) mass is 424 g/mol. The van der Waals surface area contributed by atoms with Crippen molar-refractivity contribution in [3.8, 4) is 11.5 Å². The molecule has 6 heteroatoms. The Hall–Kier alpha value is -2.44. The molecule has 0 saturated carbocycles. The van der Waals surface area contributed by atoms with Gasteiger partial charge in [0.15, 0.2) is 0 Å². The number of benzene rings is 1. The first kappa shape index (κ1) is 23.2. The van der Waals surface area contributed by atoms with E-state index in [1.165, 1.54) is 0 Å². The zero-order valence-corrected chi connectivity index (χ0v) is 20.1. The third-order valence-electron chi connectivity index (χ3n) is 5.31. The van der Waals surface area contributed by atoms with Gasteiger partial charge in [0.05, 0.1) is 24.2 Å². The Morgan fingerprint density at radius 3 is 1.48 bits per heavy atom. The largest absolute Gasteiger partial charge is 0.493 e. The average Bonchev–Trinajstić information content (AvgIpc) is 2.69. The van der Waals surface area contributed by atoms with E-state index in [9.17, 15) is 0 Å². The minimum atomic E-state index is 0.674. The normalized spacial score (nSPS) is 11.8. The molecule has 0 amide bonds.